The molecule has 0 heterocycles. The Morgan fingerprint density at radius 1 is 1.28 bits per heavy atom. The van der Waals surface area contributed by atoms with Crippen LogP contribution in [0.25, 0.3) is 0 Å². The molecule has 182 valence electrons. The number of carbonyl (C=O) groups excluding carboxylic acids is 2. The maximum absolute atomic E-state index is 13.5. The number of hydrogen-bond acceptors (Lipinski definition) is 3. The van der Waals surface area contributed by atoms with Crippen molar-refractivity contribution in [3.05, 3.63) is 21.7 Å². The number of ketones is 1. The Bertz CT molecular complexity index is 742. The summed E-state index contributed by atoms with van der Waals surface area (Å²) in [6, 6.07) is 0. The summed E-state index contributed by atoms with van der Waals surface area (Å²) in [7, 11) is 0. The van der Waals surface area contributed by atoms with E-state index < -0.39 is 5.41 Å². The molecule has 2 aliphatic carbocycles. The Hall–Kier alpha value is -0.900. The number of unbranched alkanes of at least 4 members (excludes halogenated alkanes) is 1. The first-order valence-corrected chi connectivity index (χ1v) is 13.5. The van der Waals surface area contributed by atoms with Crippen molar-refractivity contribution < 1.29 is 14.3 Å². The molecule has 0 aromatic rings. The molecule has 0 bridgehead atoms. The van der Waals surface area contributed by atoms with E-state index in [1.54, 1.807) is 5.57 Å². The van der Waals surface area contributed by atoms with Crippen LogP contribution in [0.1, 0.15) is 106 Å². The molecule has 0 radical (unpaired) electrons. The molecule has 4 atom stereocenters. The molecule has 0 unspecified atom stereocenters. The molecule has 32 heavy (non-hydrogen) atoms. The van der Waals surface area contributed by atoms with Crippen molar-refractivity contribution in [2.24, 2.45) is 28.6 Å². The molecule has 0 N–H and O–H groups in total. The lowest BCUT2D eigenvalue weighted by molar-refractivity contribution is -0.151. The number of Topliss-reactive ketones (excluding diaryl/α,β-unsaturated/α-hetero) is 1. The van der Waals surface area contributed by atoms with Crippen LogP contribution in [0.4, 0.5) is 0 Å². The predicted octanol–water partition coefficient (Wildman–Crippen LogP) is 8.17. The van der Waals surface area contributed by atoms with Gasteiger partial charge in [0.05, 0.1) is 5.41 Å². The summed E-state index contributed by atoms with van der Waals surface area (Å²) in [6.07, 6.45) is 9.61. The maximum atomic E-state index is 13.5. The fraction of sp³-hybridized carbons (Fsp3) is 0.786. The average Bonchev–Trinajstić information content (AvgIpc) is 3.08. The zero-order valence-corrected chi connectivity index (χ0v) is 23.1. The summed E-state index contributed by atoms with van der Waals surface area (Å²) >= 11 is 3.61. The van der Waals surface area contributed by atoms with Gasteiger partial charge < -0.3 is 4.74 Å². The van der Waals surface area contributed by atoms with Gasteiger partial charge in [0.15, 0.2) is 5.78 Å². The number of esters is 1. The van der Waals surface area contributed by atoms with Crippen LogP contribution in [0.3, 0.4) is 0 Å². The van der Waals surface area contributed by atoms with E-state index in [0.717, 1.165) is 30.4 Å². The summed E-state index contributed by atoms with van der Waals surface area (Å²) in [4.78, 5) is 27.8. The zero-order valence-electron chi connectivity index (χ0n) is 21.5. The van der Waals surface area contributed by atoms with Gasteiger partial charge in [0, 0.05) is 6.42 Å². The monoisotopic (exact) mass is 508 g/mol. The Kier molecular flexibility index (Phi) is 9.82. The minimum atomic E-state index is -0.529. The fourth-order valence-electron chi connectivity index (χ4n) is 6.13. The van der Waals surface area contributed by atoms with E-state index in [9.17, 15) is 9.59 Å². The number of ether oxygens (including phenoxy) is 1. The highest BCUT2D eigenvalue weighted by Crippen LogP contribution is 2.59. The minimum Gasteiger partial charge on any atom is -0.461 e. The van der Waals surface area contributed by atoms with Crippen LogP contribution < -0.4 is 0 Å². The van der Waals surface area contributed by atoms with Crippen LogP contribution >= 0.6 is 15.9 Å². The average molecular weight is 510 g/mol. The van der Waals surface area contributed by atoms with Gasteiger partial charge in [-0.3, -0.25) is 9.59 Å². The second-order valence-electron chi connectivity index (χ2n) is 11.6. The molecule has 0 spiro atoms. The third-order valence-electron chi connectivity index (χ3n) is 8.04. The van der Waals surface area contributed by atoms with Crippen LogP contribution in [0, 0.1) is 28.6 Å². The van der Waals surface area contributed by atoms with Gasteiger partial charge in [0.2, 0.25) is 0 Å². The van der Waals surface area contributed by atoms with Gasteiger partial charge in [-0.1, -0.05) is 48.7 Å². The second kappa shape index (κ2) is 11.5. The third kappa shape index (κ3) is 6.36. The molecule has 0 saturated heterocycles. The molecule has 2 aliphatic rings. The first-order chi connectivity index (χ1) is 15.0. The van der Waals surface area contributed by atoms with Gasteiger partial charge in [-0.05, 0) is 112 Å². The highest BCUT2D eigenvalue weighted by atomic mass is 79.9. The molecule has 0 aromatic heterocycles. The molecule has 3 nitrogen and oxygen atoms in total. The van der Waals surface area contributed by atoms with E-state index in [1.165, 1.54) is 32.1 Å². The van der Waals surface area contributed by atoms with Crippen molar-refractivity contribution in [3.8, 4) is 0 Å². The molecular weight excluding hydrogens is 464 g/mol. The molecule has 0 amide bonds. The number of allylic oxidation sites excluding steroid dienone is 2. The Balaban J connectivity index is 2.12. The lowest BCUT2D eigenvalue weighted by Crippen LogP contribution is -2.36. The van der Waals surface area contributed by atoms with E-state index >= 15 is 0 Å². The highest BCUT2D eigenvalue weighted by Gasteiger charge is 2.50. The summed E-state index contributed by atoms with van der Waals surface area (Å²) in [5.41, 5.74) is 3.16. The van der Waals surface area contributed by atoms with Crippen molar-refractivity contribution >= 4 is 27.7 Å². The number of carbonyl (C=O) groups is 2. The van der Waals surface area contributed by atoms with Gasteiger partial charge in [-0.2, -0.15) is 0 Å². The Morgan fingerprint density at radius 2 is 1.97 bits per heavy atom. The van der Waals surface area contributed by atoms with Crippen molar-refractivity contribution in [3.63, 3.8) is 0 Å². The molecule has 2 saturated carbocycles. The normalized spacial score (nSPS) is 28.8. The fourth-order valence-corrected chi connectivity index (χ4v) is 6.67. The van der Waals surface area contributed by atoms with Crippen molar-refractivity contribution in [1.82, 2.24) is 0 Å². The summed E-state index contributed by atoms with van der Waals surface area (Å²) in [6.45, 7) is 14.7. The number of fused-ring (bicyclic) bond motifs is 1. The van der Waals surface area contributed by atoms with Crippen LogP contribution in [-0.4, -0.2) is 18.4 Å². The van der Waals surface area contributed by atoms with Crippen LogP contribution in [0.15, 0.2) is 21.7 Å². The lowest BCUT2D eigenvalue weighted by Gasteiger charge is -2.44. The van der Waals surface area contributed by atoms with E-state index in [0.29, 0.717) is 29.6 Å². The quantitative estimate of drug-likeness (QED) is 0.233. The second-order valence-corrected chi connectivity index (χ2v) is 12.0. The largest absolute Gasteiger partial charge is 0.461 e. The molecule has 2 fully saturated rings. The topological polar surface area (TPSA) is 43.4 Å². The number of rotatable bonds is 9. The number of hydrogen-bond donors (Lipinski definition) is 0. The first-order valence-electron chi connectivity index (χ1n) is 12.6. The smallest absolute Gasteiger partial charge is 0.311 e. The summed E-state index contributed by atoms with van der Waals surface area (Å²) in [5, 5.41) is 0. The molecule has 4 heteroatoms. The predicted molar refractivity (Wildman–Crippen MR) is 137 cm³/mol. The highest BCUT2D eigenvalue weighted by molar-refractivity contribution is 9.11. The van der Waals surface area contributed by atoms with E-state index in [1.807, 2.05) is 27.7 Å². The van der Waals surface area contributed by atoms with E-state index in [-0.39, 0.29) is 18.4 Å². The van der Waals surface area contributed by atoms with Gasteiger partial charge in [0.25, 0.3) is 0 Å². The summed E-state index contributed by atoms with van der Waals surface area (Å²) in [5.74, 6) is 1.66. The van der Waals surface area contributed by atoms with Crippen LogP contribution in [0.2, 0.25) is 0 Å². The van der Waals surface area contributed by atoms with E-state index in [2.05, 4.69) is 41.7 Å². The van der Waals surface area contributed by atoms with Crippen molar-refractivity contribution in [1.29, 1.82) is 0 Å². The van der Waals surface area contributed by atoms with Crippen molar-refractivity contribution in [2.45, 2.75) is 106 Å². The first kappa shape index (κ1) is 27.3. The van der Waals surface area contributed by atoms with Gasteiger partial charge in [0.1, 0.15) is 6.61 Å². The van der Waals surface area contributed by atoms with Crippen molar-refractivity contribution in [2.75, 3.05) is 6.61 Å². The third-order valence-corrected chi connectivity index (χ3v) is 8.62. The molecule has 0 aromatic carbocycles. The SMILES string of the molecule is CCCC/C(C(=O)C[C@@H](C)[C@H]1CC[C@H]2C(=CBr)CCC[C@]12C)=C(/C)COC(=O)C(C)(C)C. The number of halogens is 1. The molecule has 2 rings (SSSR count). The van der Waals surface area contributed by atoms with Gasteiger partial charge >= 0.3 is 5.97 Å². The van der Waals surface area contributed by atoms with E-state index in [4.69, 9.17) is 4.74 Å². The molecular formula is C28H45BrO3. The van der Waals surface area contributed by atoms with Crippen LogP contribution in [0.5, 0.6) is 0 Å². The minimum absolute atomic E-state index is 0.217. The summed E-state index contributed by atoms with van der Waals surface area (Å²) < 4.78 is 5.54. The lowest BCUT2D eigenvalue weighted by atomic mass is 9.61. The molecule has 0 aliphatic heterocycles. The van der Waals surface area contributed by atoms with Gasteiger partial charge in [-0.25, -0.2) is 0 Å². The standard InChI is InChI=1S/C28H45BrO3/c1-8-9-12-22(20(3)18-32-26(31)27(4,5)6)25(30)16-19(2)23-13-14-24-21(17-29)11-10-15-28(23,24)7/h17,19,23-24H,8-16,18H2,1-7H3/b21-17?,22-20+/t19-,23-,24+,28-/m1/s1. The Labute approximate surface area is 205 Å². The van der Waals surface area contributed by atoms with Gasteiger partial charge in [-0.15, -0.1) is 0 Å². The van der Waals surface area contributed by atoms with Crippen LogP contribution in [-0.2, 0) is 14.3 Å². The zero-order chi connectivity index (χ0) is 24.1. The maximum Gasteiger partial charge on any atom is 0.311 e. The Morgan fingerprint density at radius 3 is 2.56 bits per heavy atom.